The first-order valence-corrected chi connectivity index (χ1v) is 7.16. The number of carboxylic acids is 1. The van der Waals surface area contributed by atoms with E-state index in [2.05, 4.69) is 10.3 Å². The van der Waals surface area contributed by atoms with E-state index in [1.807, 2.05) is 0 Å². The van der Waals surface area contributed by atoms with Crippen molar-refractivity contribution in [1.29, 1.82) is 0 Å². The van der Waals surface area contributed by atoms with Gasteiger partial charge in [0.15, 0.2) is 5.69 Å². The summed E-state index contributed by atoms with van der Waals surface area (Å²) < 4.78 is 11.2. The molecule has 1 aliphatic heterocycles. The van der Waals surface area contributed by atoms with Gasteiger partial charge in [-0.05, 0) is 12.1 Å². The molecule has 8 heteroatoms. The van der Waals surface area contributed by atoms with Gasteiger partial charge < -0.3 is 15.3 Å². The molecule has 2 amide bonds. The zero-order valence-corrected chi connectivity index (χ0v) is 10.9. The Morgan fingerprint density at radius 3 is 2.68 bits per heavy atom. The molecule has 0 radical (unpaired) electrons. The summed E-state index contributed by atoms with van der Waals surface area (Å²) >= 11 is 0. The highest BCUT2D eigenvalue weighted by molar-refractivity contribution is 7.85. The molecule has 102 valence electrons. The van der Waals surface area contributed by atoms with E-state index in [1.165, 1.54) is 17.2 Å². The smallest absolute Gasteiger partial charge is 0.356 e. The van der Waals surface area contributed by atoms with Crippen molar-refractivity contribution < 1.29 is 18.9 Å². The summed E-state index contributed by atoms with van der Waals surface area (Å²) in [4.78, 5) is 28.1. The fourth-order valence-corrected chi connectivity index (χ4v) is 2.76. The van der Waals surface area contributed by atoms with Gasteiger partial charge in [0.05, 0.1) is 5.69 Å². The van der Waals surface area contributed by atoms with Crippen LogP contribution in [0.4, 0.5) is 10.5 Å². The minimum absolute atomic E-state index is 0.159. The molecule has 0 atom stereocenters. The third-order valence-electron chi connectivity index (χ3n) is 2.72. The van der Waals surface area contributed by atoms with Crippen LogP contribution >= 0.6 is 0 Å². The first kappa shape index (κ1) is 13.5. The van der Waals surface area contributed by atoms with E-state index in [0.29, 0.717) is 24.6 Å². The number of hydrogen-bond acceptors (Lipinski definition) is 4. The Kier molecular flexibility index (Phi) is 4.10. The third kappa shape index (κ3) is 3.28. The van der Waals surface area contributed by atoms with E-state index in [9.17, 15) is 13.8 Å². The van der Waals surface area contributed by atoms with E-state index in [1.54, 1.807) is 6.07 Å². The zero-order valence-electron chi connectivity index (χ0n) is 10.0. The molecular weight excluding hydrogens is 270 g/mol. The van der Waals surface area contributed by atoms with Gasteiger partial charge in [-0.3, -0.25) is 4.21 Å². The SMILES string of the molecule is O=C(O)c1ncccc1NC(=O)N1CCS(=O)CC1. The molecule has 19 heavy (non-hydrogen) atoms. The van der Waals surface area contributed by atoms with Gasteiger partial charge in [-0.25, -0.2) is 14.6 Å². The van der Waals surface area contributed by atoms with Crippen LogP contribution in [-0.4, -0.2) is 55.8 Å². The zero-order chi connectivity index (χ0) is 13.8. The number of carboxylic acid groups (broad SMARTS) is 1. The summed E-state index contributed by atoms with van der Waals surface area (Å²) in [5.74, 6) is -0.297. The van der Waals surface area contributed by atoms with Crippen LogP contribution in [0.1, 0.15) is 10.5 Å². The highest BCUT2D eigenvalue weighted by Crippen LogP contribution is 2.13. The number of nitrogens with one attached hydrogen (secondary N) is 1. The fraction of sp³-hybridized carbons (Fsp3) is 0.364. The molecule has 1 aromatic heterocycles. The first-order chi connectivity index (χ1) is 9.08. The molecule has 1 fully saturated rings. The van der Waals surface area contributed by atoms with Gasteiger partial charge in [0.2, 0.25) is 0 Å². The summed E-state index contributed by atoms with van der Waals surface area (Å²) in [5.41, 5.74) is -0.0388. The number of carbonyl (C=O) groups excluding carboxylic acids is 1. The molecule has 2 heterocycles. The van der Waals surface area contributed by atoms with E-state index in [4.69, 9.17) is 5.11 Å². The number of nitrogens with zero attached hydrogens (tertiary/aromatic N) is 2. The molecular formula is C11H13N3O4S. The second kappa shape index (κ2) is 5.79. The molecule has 2 N–H and O–H groups in total. The van der Waals surface area contributed by atoms with Crippen molar-refractivity contribution in [2.45, 2.75) is 0 Å². The number of rotatable bonds is 2. The molecule has 1 aromatic rings. The molecule has 0 bridgehead atoms. The number of amides is 2. The van der Waals surface area contributed by atoms with Crippen molar-refractivity contribution >= 4 is 28.5 Å². The normalized spacial score (nSPS) is 16.1. The van der Waals surface area contributed by atoms with Crippen LogP contribution in [0.15, 0.2) is 18.3 Å². The lowest BCUT2D eigenvalue weighted by molar-refractivity contribution is 0.0691. The molecule has 0 saturated carbocycles. The molecule has 0 spiro atoms. The molecule has 0 unspecified atom stereocenters. The third-order valence-corrected chi connectivity index (χ3v) is 3.99. The molecule has 2 rings (SSSR count). The van der Waals surface area contributed by atoms with Crippen molar-refractivity contribution in [2.24, 2.45) is 0 Å². The van der Waals surface area contributed by atoms with E-state index in [-0.39, 0.29) is 11.4 Å². The average Bonchev–Trinajstić information content (AvgIpc) is 2.39. The Bertz CT molecular complexity index is 524. The lowest BCUT2D eigenvalue weighted by Gasteiger charge is -2.26. The van der Waals surface area contributed by atoms with Gasteiger partial charge in [-0.2, -0.15) is 0 Å². The van der Waals surface area contributed by atoms with Crippen LogP contribution in [0.3, 0.4) is 0 Å². The summed E-state index contributed by atoms with van der Waals surface area (Å²) in [6, 6.07) is 2.64. The standard InChI is InChI=1S/C11H13N3O4S/c15-10(16)9-8(2-1-3-12-9)13-11(17)14-4-6-19(18)7-5-14/h1-3H,4-7H2,(H,13,17)(H,15,16). The van der Waals surface area contributed by atoms with Crippen molar-refractivity contribution in [3.63, 3.8) is 0 Å². The average molecular weight is 283 g/mol. The Balaban J connectivity index is 2.07. The predicted molar refractivity (Wildman–Crippen MR) is 69.7 cm³/mol. The lowest BCUT2D eigenvalue weighted by Crippen LogP contribution is -2.44. The predicted octanol–water partition coefficient (Wildman–Crippen LogP) is 0.376. The van der Waals surface area contributed by atoms with E-state index < -0.39 is 22.8 Å². The van der Waals surface area contributed by atoms with E-state index >= 15 is 0 Å². The second-order valence-corrected chi connectivity index (χ2v) is 5.67. The topological polar surface area (TPSA) is 99.6 Å². The van der Waals surface area contributed by atoms with Crippen LogP contribution in [0.25, 0.3) is 0 Å². The van der Waals surface area contributed by atoms with Crippen molar-refractivity contribution in [3.05, 3.63) is 24.0 Å². The number of urea groups is 1. The van der Waals surface area contributed by atoms with Gasteiger partial charge >= 0.3 is 12.0 Å². The summed E-state index contributed by atoms with van der Waals surface area (Å²) in [7, 11) is -0.864. The molecule has 1 saturated heterocycles. The van der Waals surface area contributed by atoms with Gasteiger partial charge in [0.1, 0.15) is 0 Å². The number of hydrogen-bond donors (Lipinski definition) is 2. The molecule has 0 aromatic carbocycles. The Hall–Kier alpha value is -1.96. The minimum atomic E-state index is -1.20. The summed E-state index contributed by atoms with van der Waals surface area (Å²) in [6.45, 7) is 0.808. The van der Waals surface area contributed by atoms with Gasteiger partial charge in [-0.15, -0.1) is 0 Å². The van der Waals surface area contributed by atoms with Crippen molar-refractivity contribution in [3.8, 4) is 0 Å². The molecule has 1 aliphatic rings. The Morgan fingerprint density at radius 1 is 1.37 bits per heavy atom. The van der Waals surface area contributed by atoms with Crippen LogP contribution in [0, 0.1) is 0 Å². The van der Waals surface area contributed by atoms with Gasteiger partial charge in [0.25, 0.3) is 0 Å². The lowest BCUT2D eigenvalue weighted by atomic mass is 10.3. The number of aromatic nitrogens is 1. The first-order valence-electron chi connectivity index (χ1n) is 5.67. The van der Waals surface area contributed by atoms with Crippen LogP contribution in [0.2, 0.25) is 0 Å². The van der Waals surface area contributed by atoms with Crippen LogP contribution in [-0.2, 0) is 10.8 Å². The number of aromatic carboxylic acids is 1. The monoisotopic (exact) mass is 283 g/mol. The maximum Gasteiger partial charge on any atom is 0.356 e. The molecule has 0 aliphatic carbocycles. The van der Waals surface area contributed by atoms with Gasteiger partial charge in [0, 0.05) is 41.6 Å². The molecule has 7 nitrogen and oxygen atoms in total. The fourth-order valence-electron chi connectivity index (χ4n) is 1.71. The second-order valence-electron chi connectivity index (χ2n) is 3.97. The van der Waals surface area contributed by atoms with Crippen molar-refractivity contribution in [1.82, 2.24) is 9.88 Å². The minimum Gasteiger partial charge on any atom is -0.476 e. The van der Waals surface area contributed by atoms with Crippen LogP contribution < -0.4 is 5.32 Å². The largest absolute Gasteiger partial charge is 0.476 e. The number of pyridine rings is 1. The highest BCUT2D eigenvalue weighted by atomic mass is 32.2. The maximum atomic E-state index is 11.9. The summed E-state index contributed by atoms with van der Waals surface area (Å²) in [6.07, 6.45) is 1.35. The number of anilines is 1. The van der Waals surface area contributed by atoms with E-state index in [0.717, 1.165) is 0 Å². The Labute approximate surface area is 112 Å². The van der Waals surface area contributed by atoms with Crippen molar-refractivity contribution in [2.75, 3.05) is 29.9 Å². The maximum absolute atomic E-state index is 11.9. The van der Waals surface area contributed by atoms with Crippen LogP contribution in [0.5, 0.6) is 0 Å². The quantitative estimate of drug-likeness (QED) is 0.817. The highest BCUT2D eigenvalue weighted by Gasteiger charge is 2.21. The Morgan fingerprint density at radius 2 is 2.05 bits per heavy atom. The number of carbonyl (C=O) groups is 2. The summed E-state index contributed by atoms with van der Waals surface area (Å²) in [5, 5.41) is 11.5. The van der Waals surface area contributed by atoms with Gasteiger partial charge in [-0.1, -0.05) is 0 Å².